The minimum atomic E-state index is -0.998. The largest absolute Gasteiger partial charge is 0.480 e. The Balaban J connectivity index is 2.02. The maximum Gasteiger partial charge on any atom is 0.326 e. The Bertz CT molecular complexity index is 388. The summed E-state index contributed by atoms with van der Waals surface area (Å²) in [7, 11) is 1.52. The molecule has 2 heterocycles. The van der Waals surface area contributed by atoms with Gasteiger partial charge in [-0.2, -0.15) is 0 Å². The molecule has 2 amide bonds. The van der Waals surface area contributed by atoms with Gasteiger partial charge >= 0.3 is 12.0 Å². The van der Waals surface area contributed by atoms with E-state index >= 15 is 0 Å². The van der Waals surface area contributed by atoms with E-state index in [1.807, 2.05) is 0 Å². The average molecular weight is 286 g/mol. The van der Waals surface area contributed by atoms with Crippen molar-refractivity contribution >= 4 is 12.0 Å². The Kier molecular flexibility index (Phi) is 4.19. The van der Waals surface area contributed by atoms with E-state index in [-0.39, 0.29) is 12.1 Å². The molecule has 0 saturated carbocycles. The van der Waals surface area contributed by atoms with Crippen molar-refractivity contribution < 1.29 is 24.5 Å². The minimum Gasteiger partial charge on any atom is -0.480 e. The first-order valence-corrected chi connectivity index (χ1v) is 6.87. The third-order valence-corrected chi connectivity index (χ3v) is 4.24. The molecule has 0 aromatic rings. The smallest absolute Gasteiger partial charge is 0.326 e. The van der Waals surface area contributed by atoms with Crippen LogP contribution in [0.4, 0.5) is 4.79 Å². The van der Waals surface area contributed by atoms with E-state index in [1.165, 1.54) is 12.0 Å². The number of likely N-dealkylation sites (tertiary alicyclic amines) is 2. The van der Waals surface area contributed by atoms with Crippen LogP contribution in [0.2, 0.25) is 0 Å². The van der Waals surface area contributed by atoms with Gasteiger partial charge in [0.2, 0.25) is 0 Å². The van der Waals surface area contributed by atoms with Crippen LogP contribution in [0.25, 0.3) is 0 Å². The number of carboxylic acids is 1. The summed E-state index contributed by atoms with van der Waals surface area (Å²) in [6.45, 7) is 2.96. The molecule has 0 aromatic carbocycles. The fourth-order valence-corrected chi connectivity index (χ4v) is 2.78. The molecular weight excluding hydrogens is 264 g/mol. The Hall–Kier alpha value is -1.34. The lowest BCUT2D eigenvalue weighted by atomic mass is 9.94. The number of hydrogen-bond donors (Lipinski definition) is 2. The van der Waals surface area contributed by atoms with Gasteiger partial charge in [-0.1, -0.05) is 0 Å². The van der Waals surface area contributed by atoms with Crippen LogP contribution in [-0.2, 0) is 9.53 Å². The normalized spacial score (nSPS) is 29.6. The molecule has 0 bridgehead atoms. The lowest BCUT2D eigenvalue weighted by Crippen LogP contribution is -2.52. The maximum atomic E-state index is 12.4. The summed E-state index contributed by atoms with van der Waals surface area (Å²) in [6, 6.07) is -1.10. The highest BCUT2D eigenvalue weighted by Crippen LogP contribution is 2.26. The number of hydrogen-bond acceptors (Lipinski definition) is 4. The van der Waals surface area contributed by atoms with Crippen LogP contribution in [-0.4, -0.2) is 76.5 Å². The van der Waals surface area contributed by atoms with Crippen LogP contribution >= 0.6 is 0 Å². The monoisotopic (exact) mass is 286 g/mol. The number of ether oxygens (including phenoxy) is 1. The summed E-state index contributed by atoms with van der Waals surface area (Å²) in [5, 5.41) is 19.1. The van der Waals surface area contributed by atoms with Gasteiger partial charge in [0.1, 0.15) is 6.04 Å². The third kappa shape index (κ3) is 3.04. The molecule has 2 fully saturated rings. The van der Waals surface area contributed by atoms with Crippen LogP contribution < -0.4 is 0 Å². The number of rotatable bonds is 2. The Morgan fingerprint density at radius 3 is 2.40 bits per heavy atom. The molecule has 2 aliphatic rings. The standard InChI is InChI=1S/C13H22N2O5/c1-13(19)3-5-14(6-4-13)12(18)15-8-9(20-2)7-10(15)11(16)17/h9-10,19H,3-8H2,1-2H3,(H,16,17). The highest BCUT2D eigenvalue weighted by molar-refractivity contribution is 5.83. The molecule has 114 valence electrons. The number of carboxylic acid groups (broad SMARTS) is 1. The Morgan fingerprint density at radius 1 is 1.30 bits per heavy atom. The third-order valence-electron chi connectivity index (χ3n) is 4.24. The number of carbonyl (C=O) groups excluding carboxylic acids is 1. The van der Waals surface area contributed by atoms with Crippen LogP contribution in [0.5, 0.6) is 0 Å². The molecule has 20 heavy (non-hydrogen) atoms. The quantitative estimate of drug-likeness (QED) is 0.753. The Morgan fingerprint density at radius 2 is 1.90 bits per heavy atom. The van der Waals surface area contributed by atoms with E-state index in [9.17, 15) is 19.8 Å². The zero-order chi connectivity index (χ0) is 14.9. The van der Waals surface area contributed by atoms with Gasteiger partial charge in [0.15, 0.2) is 0 Å². The van der Waals surface area contributed by atoms with Gasteiger partial charge in [0, 0.05) is 33.2 Å². The highest BCUT2D eigenvalue weighted by atomic mass is 16.5. The van der Waals surface area contributed by atoms with Gasteiger partial charge in [-0.05, 0) is 19.8 Å². The van der Waals surface area contributed by atoms with Gasteiger partial charge in [0.25, 0.3) is 0 Å². The second-order valence-corrected chi connectivity index (χ2v) is 5.87. The average Bonchev–Trinajstić information content (AvgIpc) is 2.82. The lowest BCUT2D eigenvalue weighted by Gasteiger charge is -2.38. The maximum absolute atomic E-state index is 12.4. The molecule has 0 radical (unpaired) electrons. The van der Waals surface area contributed by atoms with Crippen LogP contribution in [0.3, 0.4) is 0 Å². The number of urea groups is 1. The molecule has 0 spiro atoms. The van der Waals surface area contributed by atoms with Gasteiger partial charge in [-0.3, -0.25) is 0 Å². The van der Waals surface area contributed by atoms with Gasteiger partial charge in [-0.15, -0.1) is 0 Å². The van der Waals surface area contributed by atoms with Crippen molar-refractivity contribution in [1.82, 2.24) is 9.80 Å². The first-order chi connectivity index (χ1) is 9.34. The van der Waals surface area contributed by atoms with E-state index in [1.54, 1.807) is 11.8 Å². The molecule has 2 rings (SSSR count). The van der Waals surface area contributed by atoms with E-state index in [0.717, 1.165) is 0 Å². The van der Waals surface area contributed by atoms with Crippen LogP contribution in [0.1, 0.15) is 26.2 Å². The van der Waals surface area contributed by atoms with E-state index in [0.29, 0.717) is 38.9 Å². The second-order valence-electron chi connectivity index (χ2n) is 5.87. The summed E-state index contributed by atoms with van der Waals surface area (Å²) in [5.41, 5.74) is -0.733. The van der Waals surface area contributed by atoms with E-state index in [4.69, 9.17) is 4.74 Å². The van der Waals surface area contributed by atoms with Gasteiger partial charge < -0.3 is 24.7 Å². The molecule has 2 aliphatic heterocycles. The van der Waals surface area contributed by atoms with Crippen molar-refractivity contribution in [2.24, 2.45) is 0 Å². The molecule has 7 nitrogen and oxygen atoms in total. The van der Waals surface area contributed by atoms with Crippen LogP contribution in [0.15, 0.2) is 0 Å². The fourth-order valence-electron chi connectivity index (χ4n) is 2.78. The zero-order valence-electron chi connectivity index (χ0n) is 11.9. The molecule has 0 aromatic heterocycles. The van der Waals surface area contributed by atoms with Crippen molar-refractivity contribution in [3.05, 3.63) is 0 Å². The predicted molar refractivity (Wildman–Crippen MR) is 70.4 cm³/mol. The molecule has 7 heteroatoms. The molecule has 0 aliphatic carbocycles. The molecule has 2 N–H and O–H groups in total. The number of aliphatic carboxylic acids is 1. The summed E-state index contributed by atoms with van der Waals surface area (Å²) in [5.74, 6) is -0.998. The number of methoxy groups -OCH3 is 1. The lowest BCUT2D eigenvalue weighted by molar-refractivity contribution is -0.141. The molecular formula is C13H22N2O5. The summed E-state index contributed by atoms with van der Waals surface area (Å²) >= 11 is 0. The first-order valence-electron chi connectivity index (χ1n) is 6.87. The molecule has 2 atom stereocenters. The SMILES string of the molecule is COC1CC(C(=O)O)N(C(=O)N2CCC(C)(O)CC2)C1. The van der Waals surface area contributed by atoms with Crippen LogP contribution in [0, 0.1) is 0 Å². The van der Waals surface area contributed by atoms with Gasteiger partial charge in [-0.25, -0.2) is 9.59 Å². The first kappa shape index (κ1) is 15.1. The number of carbonyl (C=O) groups is 2. The summed E-state index contributed by atoms with van der Waals surface area (Å²) < 4.78 is 5.18. The van der Waals surface area contributed by atoms with E-state index in [2.05, 4.69) is 0 Å². The Labute approximate surface area is 118 Å². The number of piperidine rings is 1. The van der Waals surface area contributed by atoms with E-state index < -0.39 is 17.6 Å². The summed E-state index contributed by atoms with van der Waals surface area (Å²) in [4.78, 5) is 26.7. The van der Waals surface area contributed by atoms with Gasteiger partial charge in [0.05, 0.1) is 11.7 Å². The number of amides is 2. The highest BCUT2D eigenvalue weighted by Gasteiger charge is 2.42. The predicted octanol–water partition coefficient (Wildman–Crippen LogP) is 0.127. The fraction of sp³-hybridized carbons (Fsp3) is 0.846. The zero-order valence-corrected chi connectivity index (χ0v) is 11.9. The van der Waals surface area contributed by atoms with Crippen molar-refractivity contribution in [1.29, 1.82) is 0 Å². The number of aliphatic hydroxyl groups is 1. The number of nitrogens with zero attached hydrogens (tertiary/aromatic N) is 2. The van der Waals surface area contributed by atoms with Crippen molar-refractivity contribution in [3.63, 3.8) is 0 Å². The molecule has 2 unspecified atom stereocenters. The van der Waals surface area contributed by atoms with Crippen molar-refractivity contribution in [2.45, 2.75) is 43.9 Å². The van der Waals surface area contributed by atoms with Crippen molar-refractivity contribution in [2.75, 3.05) is 26.7 Å². The minimum absolute atomic E-state index is 0.229. The van der Waals surface area contributed by atoms with Crippen molar-refractivity contribution in [3.8, 4) is 0 Å². The second kappa shape index (κ2) is 5.57. The summed E-state index contributed by atoms with van der Waals surface area (Å²) in [6.07, 6.45) is 1.12. The molecule has 2 saturated heterocycles. The topological polar surface area (TPSA) is 90.3 Å².